The summed E-state index contributed by atoms with van der Waals surface area (Å²) in [6.07, 6.45) is 2.74. The number of imidazole rings is 1. The maximum Gasteiger partial charge on any atom is 0.332 e. The second-order valence-corrected chi connectivity index (χ2v) is 5.79. The Morgan fingerprint density at radius 3 is 2.68 bits per heavy atom. The number of aromatic nitrogens is 5. The topological polar surface area (TPSA) is 87.9 Å². The van der Waals surface area contributed by atoms with Crippen LogP contribution in [0.3, 0.4) is 0 Å². The zero-order valence-electron chi connectivity index (χ0n) is 13.8. The number of unbranched alkanes of at least 4 members (excludes halogenated alkanes) is 1. The maximum absolute atomic E-state index is 13.0. The van der Waals surface area contributed by atoms with Crippen LogP contribution in [0.5, 0.6) is 0 Å². The SMILES string of the molecule is Cc1cc(CCCCn2c(=O)c3ncn(C(F)F)c3n(C)c2=O)on1. The number of nitrogens with zero attached hydrogens (tertiary/aromatic N) is 5. The first-order valence-electron chi connectivity index (χ1n) is 7.77. The summed E-state index contributed by atoms with van der Waals surface area (Å²) in [5, 5.41) is 3.79. The summed E-state index contributed by atoms with van der Waals surface area (Å²) < 4.78 is 33.6. The summed E-state index contributed by atoms with van der Waals surface area (Å²) in [4.78, 5) is 28.5. The van der Waals surface area contributed by atoms with E-state index in [1.165, 1.54) is 7.05 Å². The maximum atomic E-state index is 13.0. The first kappa shape index (κ1) is 17.1. The Balaban J connectivity index is 1.82. The predicted molar refractivity (Wildman–Crippen MR) is 84.7 cm³/mol. The molecule has 0 saturated carbocycles. The molecule has 0 aromatic carbocycles. The minimum Gasteiger partial charge on any atom is -0.361 e. The lowest BCUT2D eigenvalue weighted by Gasteiger charge is -2.10. The van der Waals surface area contributed by atoms with Crippen molar-refractivity contribution in [2.24, 2.45) is 7.05 Å². The Morgan fingerprint density at radius 1 is 1.28 bits per heavy atom. The molecule has 3 aromatic rings. The van der Waals surface area contributed by atoms with Crippen LogP contribution in [-0.4, -0.2) is 23.8 Å². The van der Waals surface area contributed by atoms with Crippen molar-refractivity contribution in [2.75, 3.05) is 0 Å². The fraction of sp³-hybridized carbons (Fsp3) is 0.467. The van der Waals surface area contributed by atoms with Crippen molar-refractivity contribution < 1.29 is 13.3 Å². The fourth-order valence-electron chi connectivity index (χ4n) is 2.77. The number of alkyl halides is 2. The summed E-state index contributed by atoms with van der Waals surface area (Å²) in [6, 6.07) is 1.83. The van der Waals surface area contributed by atoms with Crippen LogP contribution in [0.25, 0.3) is 11.2 Å². The molecule has 0 spiro atoms. The van der Waals surface area contributed by atoms with Gasteiger partial charge in [-0.1, -0.05) is 5.16 Å². The van der Waals surface area contributed by atoms with Gasteiger partial charge < -0.3 is 4.52 Å². The van der Waals surface area contributed by atoms with Gasteiger partial charge in [-0.15, -0.1) is 0 Å². The molecule has 0 saturated heterocycles. The minimum absolute atomic E-state index is 0.145. The van der Waals surface area contributed by atoms with Crippen LogP contribution >= 0.6 is 0 Å². The molecule has 0 aliphatic heterocycles. The van der Waals surface area contributed by atoms with Crippen LogP contribution in [0.4, 0.5) is 8.78 Å². The van der Waals surface area contributed by atoms with Crippen molar-refractivity contribution in [3.05, 3.63) is 44.7 Å². The number of rotatable bonds is 6. The monoisotopic (exact) mass is 353 g/mol. The Labute approximate surface area is 140 Å². The molecule has 134 valence electrons. The normalized spacial score (nSPS) is 11.7. The van der Waals surface area contributed by atoms with E-state index in [0.29, 0.717) is 23.8 Å². The number of halogens is 2. The molecule has 0 N–H and O–H groups in total. The molecule has 0 aliphatic rings. The third-order valence-corrected chi connectivity index (χ3v) is 3.99. The molecular formula is C15H17F2N5O3. The van der Waals surface area contributed by atoms with Crippen molar-refractivity contribution in [3.63, 3.8) is 0 Å². The van der Waals surface area contributed by atoms with E-state index in [4.69, 9.17) is 4.52 Å². The molecule has 0 atom stereocenters. The first-order valence-corrected chi connectivity index (χ1v) is 7.77. The van der Waals surface area contributed by atoms with Crippen molar-refractivity contribution in [1.82, 2.24) is 23.8 Å². The number of fused-ring (bicyclic) bond motifs is 1. The summed E-state index contributed by atoms with van der Waals surface area (Å²) in [5.74, 6) is 0.740. The molecule has 3 rings (SSSR count). The second kappa shape index (κ2) is 6.61. The highest BCUT2D eigenvalue weighted by Crippen LogP contribution is 2.16. The molecule has 0 bridgehead atoms. The highest BCUT2D eigenvalue weighted by molar-refractivity contribution is 5.69. The molecule has 8 nitrogen and oxygen atoms in total. The molecular weight excluding hydrogens is 336 g/mol. The van der Waals surface area contributed by atoms with E-state index in [1.54, 1.807) is 0 Å². The van der Waals surface area contributed by atoms with E-state index >= 15 is 0 Å². The minimum atomic E-state index is -2.88. The van der Waals surface area contributed by atoms with Gasteiger partial charge in [0.15, 0.2) is 11.2 Å². The van der Waals surface area contributed by atoms with Crippen LogP contribution in [-0.2, 0) is 20.0 Å². The van der Waals surface area contributed by atoms with Gasteiger partial charge in [0.05, 0.1) is 5.69 Å². The van der Waals surface area contributed by atoms with Gasteiger partial charge in [0, 0.05) is 26.1 Å². The van der Waals surface area contributed by atoms with Gasteiger partial charge in [0.2, 0.25) is 0 Å². The zero-order chi connectivity index (χ0) is 18.1. The quantitative estimate of drug-likeness (QED) is 0.628. The smallest absolute Gasteiger partial charge is 0.332 e. The van der Waals surface area contributed by atoms with Crippen molar-refractivity contribution >= 4 is 11.2 Å². The second-order valence-electron chi connectivity index (χ2n) is 5.79. The van der Waals surface area contributed by atoms with Gasteiger partial charge >= 0.3 is 12.2 Å². The standard InChI is InChI=1S/C15H17F2N5O3/c1-9-7-10(25-19-9)5-3-4-6-21-13(23)11-12(20(2)15(21)24)22(8-18-11)14(16)17/h7-8,14H,3-6H2,1-2H3. The molecule has 0 fully saturated rings. The lowest BCUT2D eigenvalue weighted by Crippen LogP contribution is -2.39. The lowest BCUT2D eigenvalue weighted by molar-refractivity contribution is 0.0734. The predicted octanol–water partition coefficient (Wildman–Crippen LogP) is 1.61. The highest BCUT2D eigenvalue weighted by Gasteiger charge is 2.19. The van der Waals surface area contributed by atoms with Gasteiger partial charge in [-0.2, -0.15) is 8.78 Å². The largest absolute Gasteiger partial charge is 0.361 e. The van der Waals surface area contributed by atoms with Gasteiger partial charge in [-0.05, 0) is 19.8 Å². The Morgan fingerprint density at radius 2 is 2.04 bits per heavy atom. The van der Waals surface area contributed by atoms with Crippen LogP contribution in [0.1, 0.15) is 30.8 Å². The van der Waals surface area contributed by atoms with E-state index < -0.39 is 17.8 Å². The number of hydrogen-bond acceptors (Lipinski definition) is 5. The van der Waals surface area contributed by atoms with Gasteiger partial charge in [0.1, 0.15) is 12.1 Å². The Hall–Kier alpha value is -2.78. The summed E-state index contributed by atoms with van der Waals surface area (Å²) >= 11 is 0. The summed E-state index contributed by atoms with van der Waals surface area (Å²) in [7, 11) is 1.35. The van der Waals surface area contributed by atoms with Gasteiger partial charge in [0.25, 0.3) is 5.56 Å². The van der Waals surface area contributed by atoms with E-state index in [0.717, 1.165) is 26.9 Å². The van der Waals surface area contributed by atoms with E-state index in [1.807, 2.05) is 13.0 Å². The molecule has 0 unspecified atom stereocenters. The number of aryl methyl sites for hydroxylation is 3. The van der Waals surface area contributed by atoms with Crippen LogP contribution in [0.15, 0.2) is 26.5 Å². The van der Waals surface area contributed by atoms with Gasteiger partial charge in [-0.25, -0.2) is 9.78 Å². The Bertz CT molecular complexity index is 1010. The first-order chi connectivity index (χ1) is 11.9. The van der Waals surface area contributed by atoms with E-state index in [-0.39, 0.29) is 17.7 Å². The lowest BCUT2D eigenvalue weighted by atomic mass is 10.2. The van der Waals surface area contributed by atoms with Crippen LogP contribution in [0.2, 0.25) is 0 Å². The number of hydrogen-bond donors (Lipinski definition) is 0. The third kappa shape index (κ3) is 3.11. The van der Waals surface area contributed by atoms with E-state index in [2.05, 4.69) is 10.1 Å². The molecule has 0 radical (unpaired) electrons. The Kier molecular flexibility index (Phi) is 4.51. The molecule has 3 heterocycles. The van der Waals surface area contributed by atoms with Crippen LogP contribution in [0, 0.1) is 6.92 Å². The zero-order valence-corrected chi connectivity index (χ0v) is 13.8. The fourth-order valence-corrected chi connectivity index (χ4v) is 2.77. The molecule has 0 aliphatic carbocycles. The molecule has 3 aromatic heterocycles. The molecule has 25 heavy (non-hydrogen) atoms. The molecule has 10 heteroatoms. The summed E-state index contributed by atoms with van der Waals surface area (Å²) in [6.45, 7) is -0.878. The van der Waals surface area contributed by atoms with Gasteiger partial charge in [-0.3, -0.25) is 18.5 Å². The third-order valence-electron chi connectivity index (χ3n) is 3.99. The average Bonchev–Trinajstić information content (AvgIpc) is 3.18. The summed E-state index contributed by atoms with van der Waals surface area (Å²) in [5.41, 5.74) is -0.838. The molecule has 0 amide bonds. The van der Waals surface area contributed by atoms with E-state index in [9.17, 15) is 18.4 Å². The van der Waals surface area contributed by atoms with Crippen molar-refractivity contribution in [1.29, 1.82) is 0 Å². The van der Waals surface area contributed by atoms with Crippen LogP contribution < -0.4 is 11.2 Å². The highest BCUT2D eigenvalue weighted by atomic mass is 19.3. The van der Waals surface area contributed by atoms with Crippen molar-refractivity contribution in [2.45, 2.75) is 39.3 Å². The van der Waals surface area contributed by atoms with Crippen molar-refractivity contribution in [3.8, 4) is 0 Å². The average molecular weight is 353 g/mol.